The summed E-state index contributed by atoms with van der Waals surface area (Å²) in [6, 6.07) is 5.43. The first kappa shape index (κ1) is 23.6. The van der Waals surface area contributed by atoms with Gasteiger partial charge in [0.1, 0.15) is 12.3 Å². The maximum Gasteiger partial charge on any atom is 0.412 e. The number of amides is 2. The first-order valence-corrected chi connectivity index (χ1v) is 11.7. The Balaban J connectivity index is 1.39. The number of carbonyl (C=O) groups is 2. The van der Waals surface area contributed by atoms with Crippen LogP contribution in [0.25, 0.3) is 0 Å². The number of fused-ring (bicyclic) bond motifs is 2. The highest BCUT2D eigenvalue weighted by Gasteiger charge is 2.31. The Hall–Kier alpha value is -4.12. The van der Waals surface area contributed by atoms with Crippen molar-refractivity contribution in [3.05, 3.63) is 58.0 Å². The maximum absolute atomic E-state index is 12.0. The Morgan fingerprint density at radius 2 is 2.03 bits per heavy atom. The molecule has 11 nitrogen and oxygen atoms in total. The van der Waals surface area contributed by atoms with Crippen molar-refractivity contribution in [2.75, 3.05) is 41.9 Å². The topological polar surface area (TPSA) is 133 Å². The molecule has 2 amide bonds. The number of halogens is 1. The molecule has 1 aromatic carbocycles. The van der Waals surface area contributed by atoms with Crippen LogP contribution in [0.4, 0.5) is 27.8 Å². The van der Waals surface area contributed by atoms with E-state index in [1.165, 1.54) is 0 Å². The predicted molar refractivity (Wildman–Crippen MR) is 135 cm³/mol. The Labute approximate surface area is 212 Å². The molecule has 0 spiro atoms. The minimum Gasteiger partial charge on any atom is -0.474 e. The molecule has 12 heteroatoms. The van der Waals surface area contributed by atoms with E-state index in [-0.39, 0.29) is 35.6 Å². The fourth-order valence-corrected chi connectivity index (χ4v) is 4.73. The molecule has 0 bridgehead atoms. The van der Waals surface area contributed by atoms with E-state index in [0.29, 0.717) is 36.7 Å². The van der Waals surface area contributed by atoms with E-state index in [2.05, 4.69) is 20.6 Å². The van der Waals surface area contributed by atoms with Crippen molar-refractivity contribution in [2.24, 2.45) is 0 Å². The van der Waals surface area contributed by atoms with E-state index in [1.54, 1.807) is 25.5 Å². The summed E-state index contributed by atoms with van der Waals surface area (Å²) in [5.74, 6) is 0.502. The van der Waals surface area contributed by atoms with E-state index in [1.807, 2.05) is 24.0 Å². The second-order valence-corrected chi connectivity index (χ2v) is 8.84. The normalized spacial score (nSPS) is 14.4. The predicted octanol–water partition coefficient (Wildman–Crippen LogP) is 3.38. The van der Waals surface area contributed by atoms with Gasteiger partial charge in [0.15, 0.2) is 0 Å². The van der Waals surface area contributed by atoms with Crippen molar-refractivity contribution in [3.8, 4) is 5.88 Å². The maximum atomic E-state index is 12.0. The van der Waals surface area contributed by atoms with Gasteiger partial charge in [-0.3, -0.25) is 9.69 Å². The molecule has 3 N–H and O–H groups in total. The molecule has 0 unspecified atom stereocenters. The molecule has 3 aromatic rings. The molecule has 36 heavy (non-hydrogen) atoms. The van der Waals surface area contributed by atoms with Crippen molar-refractivity contribution in [1.29, 1.82) is 0 Å². The number of hydrogen-bond acceptors (Lipinski definition) is 8. The minimum absolute atomic E-state index is 0.141. The molecule has 2 aromatic heterocycles. The monoisotopic (exact) mass is 509 g/mol. The van der Waals surface area contributed by atoms with Crippen molar-refractivity contribution in [3.63, 3.8) is 0 Å². The van der Waals surface area contributed by atoms with E-state index < -0.39 is 6.09 Å². The van der Waals surface area contributed by atoms with Crippen LogP contribution >= 0.6 is 11.6 Å². The molecule has 4 heterocycles. The number of aryl methyl sites for hydroxylation is 1. The number of pyridine rings is 1. The van der Waals surface area contributed by atoms with Crippen LogP contribution in [0.5, 0.6) is 5.88 Å². The third kappa shape index (κ3) is 4.33. The van der Waals surface area contributed by atoms with Crippen LogP contribution in [0, 0.1) is 6.92 Å². The highest BCUT2D eigenvalue weighted by molar-refractivity contribution is 6.36. The summed E-state index contributed by atoms with van der Waals surface area (Å²) < 4.78 is 5.52. The molecule has 5 rings (SSSR count). The Morgan fingerprint density at radius 3 is 2.78 bits per heavy atom. The van der Waals surface area contributed by atoms with Crippen LogP contribution in [0.1, 0.15) is 27.2 Å². The summed E-state index contributed by atoms with van der Waals surface area (Å²) >= 11 is 6.68. The fraction of sp³-hybridized carbons (Fsp3) is 0.292. The van der Waals surface area contributed by atoms with Crippen molar-refractivity contribution >= 4 is 46.6 Å². The molecular weight excluding hydrogens is 486 g/mol. The van der Waals surface area contributed by atoms with Gasteiger partial charge in [0, 0.05) is 31.0 Å². The number of anilines is 4. The number of ether oxygens (including phenoxy) is 1. The van der Waals surface area contributed by atoms with Crippen LogP contribution in [0.15, 0.2) is 30.6 Å². The van der Waals surface area contributed by atoms with Crippen molar-refractivity contribution in [2.45, 2.75) is 19.9 Å². The summed E-state index contributed by atoms with van der Waals surface area (Å²) in [4.78, 5) is 40.3. The number of aromatic nitrogens is 3. The lowest BCUT2D eigenvalue weighted by atomic mass is 10.1. The lowest BCUT2D eigenvalue weighted by molar-refractivity contribution is 0.0962. The van der Waals surface area contributed by atoms with Gasteiger partial charge in [-0.15, -0.1) is 0 Å². The van der Waals surface area contributed by atoms with Gasteiger partial charge >= 0.3 is 6.09 Å². The third-order valence-corrected chi connectivity index (χ3v) is 6.61. The molecule has 2 aliphatic rings. The van der Waals surface area contributed by atoms with Gasteiger partial charge in [0.2, 0.25) is 11.8 Å². The van der Waals surface area contributed by atoms with Gasteiger partial charge in [0.05, 0.1) is 35.7 Å². The molecule has 0 atom stereocenters. The first-order valence-electron chi connectivity index (χ1n) is 11.4. The zero-order chi connectivity index (χ0) is 25.4. The van der Waals surface area contributed by atoms with E-state index in [0.717, 1.165) is 27.4 Å². The van der Waals surface area contributed by atoms with Crippen LogP contribution < -0.4 is 25.2 Å². The van der Waals surface area contributed by atoms with Crippen LogP contribution in [0.2, 0.25) is 5.02 Å². The Kier molecular flexibility index (Phi) is 6.23. The highest BCUT2D eigenvalue weighted by atomic mass is 35.5. The number of carboxylic acid groups (broad SMARTS) is 1. The number of carbonyl (C=O) groups excluding carboxylic acids is 1. The van der Waals surface area contributed by atoms with Crippen LogP contribution in [0.3, 0.4) is 0 Å². The van der Waals surface area contributed by atoms with E-state index in [4.69, 9.17) is 21.3 Å². The quantitative estimate of drug-likeness (QED) is 0.484. The Bertz CT molecular complexity index is 1370. The average Bonchev–Trinajstić information content (AvgIpc) is 2.88. The van der Waals surface area contributed by atoms with E-state index in [9.17, 15) is 14.7 Å². The molecule has 0 aliphatic carbocycles. The van der Waals surface area contributed by atoms with Gasteiger partial charge in [-0.25, -0.2) is 19.7 Å². The lowest BCUT2D eigenvalue weighted by Gasteiger charge is -2.33. The first-order chi connectivity index (χ1) is 17.4. The van der Waals surface area contributed by atoms with Gasteiger partial charge in [-0.2, -0.15) is 0 Å². The standard InChI is InChI=1S/C24H24ClN7O4/c1-13-9-15(3-4-16(13)21(33)26-2)29-23-28-10-14-5-6-31(12-17(14)30-23)18-11-27-22-20(19(18)25)32(24(34)35)7-8-36-22/h3-4,9-11H,5-8,12H2,1-2H3,(H,26,33)(H,34,35)(H,28,29,30). The third-order valence-electron chi connectivity index (χ3n) is 6.23. The van der Waals surface area contributed by atoms with Crippen molar-refractivity contribution in [1.82, 2.24) is 20.3 Å². The smallest absolute Gasteiger partial charge is 0.412 e. The molecule has 186 valence electrons. The zero-order valence-electron chi connectivity index (χ0n) is 19.7. The van der Waals surface area contributed by atoms with Crippen LogP contribution in [-0.4, -0.2) is 58.8 Å². The molecule has 2 aliphatic heterocycles. The lowest BCUT2D eigenvalue weighted by Crippen LogP contribution is -2.38. The second kappa shape index (κ2) is 9.50. The summed E-state index contributed by atoms with van der Waals surface area (Å²) in [5, 5.41) is 15.7. The summed E-state index contributed by atoms with van der Waals surface area (Å²) in [7, 11) is 1.60. The Morgan fingerprint density at radius 1 is 1.19 bits per heavy atom. The highest BCUT2D eigenvalue weighted by Crippen LogP contribution is 2.43. The molecule has 0 radical (unpaired) electrons. The van der Waals surface area contributed by atoms with Gasteiger partial charge in [-0.05, 0) is 42.7 Å². The molecule has 0 fully saturated rings. The number of nitrogens with zero attached hydrogens (tertiary/aromatic N) is 5. The second-order valence-electron chi connectivity index (χ2n) is 8.46. The number of benzene rings is 1. The summed E-state index contributed by atoms with van der Waals surface area (Å²) in [6.45, 7) is 3.38. The summed E-state index contributed by atoms with van der Waals surface area (Å²) in [5.41, 5.74) is 4.94. The summed E-state index contributed by atoms with van der Waals surface area (Å²) in [6.07, 6.45) is 3.00. The van der Waals surface area contributed by atoms with E-state index >= 15 is 0 Å². The molecule has 0 saturated heterocycles. The average molecular weight is 510 g/mol. The fourth-order valence-electron chi connectivity index (χ4n) is 4.38. The number of rotatable bonds is 4. The van der Waals surface area contributed by atoms with Crippen molar-refractivity contribution < 1.29 is 19.4 Å². The van der Waals surface area contributed by atoms with Gasteiger partial charge < -0.3 is 25.4 Å². The van der Waals surface area contributed by atoms with Gasteiger partial charge in [-0.1, -0.05) is 11.6 Å². The zero-order valence-corrected chi connectivity index (χ0v) is 20.5. The SMILES string of the molecule is CNC(=O)c1ccc(Nc2ncc3c(n2)CN(c2cnc4c(c2Cl)N(C(=O)O)CCO4)CC3)cc1C. The van der Waals surface area contributed by atoms with Gasteiger partial charge in [0.25, 0.3) is 5.91 Å². The molecular formula is C24H24ClN7O4. The number of hydrogen-bond donors (Lipinski definition) is 3. The minimum atomic E-state index is -1.11. The van der Waals surface area contributed by atoms with Crippen LogP contribution in [-0.2, 0) is 13.0 Å². The number of nitrogens with one attached hydrogen (secondary N) is 2. The molecule has 0 saturated carbocycles. The largest absolute Gasteiger partial charge is 0.474 e.